The molecule has 1 aromatic heterocycles. The summed E-state index contributed by atoms with van der Waals surface area (Å²) in [4.78, 5) is 34.0. The third-order valence-corrected chi connectivity index (χ3v) is 9.74. The van der Waals surface area contributed by atoms with Crippen molar-refractivity contribution in [3.05, 3.63) is 88.8 Å². The van der Waals surface area contributed by atoms with Crippen LogP contribution >= 0.6 is 11.6 Å². The van der Waals surface area contributed by atoms with E-state index in [2.05, 4.69) is 10.3 Å². The zero-order chi connectivity index (χ0) is 29.9. The van der Waals surface area contributed by atoms with E-state index in [1.807, 2.05) is 6.07 Å². The Hall–Kier alpha value is -4.01. The molecular formula is C30H29ClFN5O4S. The van der Waals surface area contributed by atoms with Gasteiger partial charge in [-0.15, -0.1) is 0 Å². The van der Waals surface area contributed by atoms with Crippen LogP contribution in [0.2, 0.25) is 5.02 Å². The lowest BCUT2D eigenvalue weighted by Gasteiger charge is -2.36. The standard InChI is InChI=1S/C30H29ClFN5O4S/c31-25-12-5-4-11-24(25)28(29(38)35-22-8-2-1-3-9-22)36(23-10-6-7-21(32)18-23)30(39)26-14-16-42(40,41)37(26)27-17-20(19-33)13-15-34-27/h4-7,10-13,15,17-18,22,26,28H,1-3,8-9,14,16H2,(H,35,38)/t26?,28-/m1/s1. The average molecular weight is 610 g/mol. The van der Waals surface area contributed by atoms with Crippen LogP contribution in [0.3, 0.4) is 0 Å². The molecule has 2 aliphatic rings. The van der Waals surface area contributed by atoms with E-state index < -0.39 is 39.7 Å². The summed E-state index contributed by atoms with van der Waals surface area (Å²) in [7, 11) is -4.01. The minimum Gasteiger partial charge on any atom is -0.351 e. The summed E-state index contributed by atoms with van der Waals surface area (Å²) in [6.45, 7) is 0. The van der Waals surface area contributed by atoms with Gasteiger partial charge in [-0.25, -0.2) is 22.1 Å². The van der Waals surface area contributed by atoms with Gasteiger partial charge in [-0.3, -0.25) is 14.5 Å². The third-order valence-electron chi connectivity index (χ3n) is 7.60. The highest BCUT2D eigenvalue weighted by atomic mass is 35.5. The van der Waals surface area contributed by atoms with Gasteiger partial charge in [0.15, 0.2) is 0 Å². The first-order valence-corrected chi connectivity index (χ1v) is 15.7. The summed E-state index contributed by atoms with van der Waals surface area (Å²) in [5.41, 5.74) is 0.532. The number of carbonyl (C=O) groups excluding carboxylic acids is 2. The van der Waals surface area contributed by atoms with E-state index in [1.54, 1.807) is 24.3 Å². The average Bonchev–Trinajstić information content (AvgIpc) is 3.31. The number of sulfonamides is 1. The number of rotatable bonds is 7. The molecule has 5 rings (SSSR count). The summed E-state index contributed by atoms with van der Waals surface area (Å²) < 4.78 is 42.0. The van der Waals surface area contributed by atoms with Gasteiger partial charge in [0.1, 0.15) is 23.7 Å². The SMILES string of the molecule is N#Cc1ccnc(N2C(C(=O)N(c3cccc(F)c3)[C@@H](C(=O)NC3CCCCC3)c3ccccc3Cl)CCS2(=O)=O)c1. The minimum absolute atomic E-state index is 0.0618. The van der Waals surface area contributed by atoms with Crippen molar-refractivity contribution >= 4 is 44.9 Å². The van der Waals surface area contributed by atoms with Crippen LogP contribution in [0.15, 0.2) is 66.9 Å². The Morgan fingerprint density at radius 1 is 1.07 bits per heavy atom. The summed E-state index contributed by atoms with van der Waals surface area (Å²) >= 11 is 6.60. The fourth-order valence-corrected chi connectivity index (χ4v) is 7.54. The highest BCUT2D eigenvalue weighted by Gasteiger charge is 2.47. The van der Waals surface area contributed by atoms with Crippen molar-refractivity contribution in [1.82, 2.24) is 10.3 Å². The third kappa shape index (κ3) is 6.10. The molecule has 0 bridgehead atoms. The number of nitrogens with zero attached hydrogens (tertiary/aromatic N) is 4. The number of benzene rings is 2. The molecule has 0 radical (unpaired) electrons. The van der Waals surface area contributed by atoms with Gasteiger partial charge in [0.25, 0.3) is 5.91 Å². The van der Waals surface area contributed by atoms with E-state index in [0.29, 0.717) is 5.56 Å². The normalized spacial score (nSPS) is 19.1. The molecule has 2 amide bonds. The molecular weight excluding hydrogens is 581 g/mol. The van der Waals surface area contributed by atoms with E-state index in [-0.39, 0.29) is 40.3 Å². The summed E-state index contributed by atoms with van der Waals surface area (Å²) in [5.74, 6) is -2.36. The molecule has 1 aliphatic carbocycles. The predicted octanol–water partition coefficient (Wildman–Crippen LogP) is 4.88. The van der Waals surface area contributed by atoms with Gasteiger partial charge in [-0.1, -0.05) is 55.1 Å². The van der Waals surface area contributed by atoms with E-state index in [4.69, 9.17) is 11.6 Å². The van der Waals surface area contributed by atoms with Crippen LogP contribution in [0, 0.1) is 17.1 Å². The number of amides is 2. The monoisotopic (exact) mass is 609 g/mol. The smallest absolute Gasteiger partial charge is 0.252 e. The largest absolute Gasteiger partial charge is 0.351 e. The number of pyridine rings is 1. The lowest BCUT2D eigenvalue weighted by atomic mass is 9.94. The zero-order valence-corrected chi connectivity index (χ0v) is 24.2. The minimum atomic E-state index is -4.01. The van der Waals surface area contributed by atoms with Gasteiger partial charge in [0.05, 0.1) is 17.4 Å². The lowest BCUT2D eigenvalue weighted by molar-refractivity contribution is -0.127. The number of nitriles is 1. The van der Waals surface area contributed by atoms with Gasteiger partial charge < -0.3 is 5.32 Å². The van der Waals surface area contributed by atoms with Gasteiger partial charge >= 0.3 is 0 Å². The van der Waals surface area contributed by atoms with Crippen molar-refractivity contribution in [2.45, 2.75) is 56.7 Å². The van der Waals surface area contributed by atoms with E-state index in [9.17, 15) is 27.7 Å². The molecule has 1 N–H and O–H groups in total. The summed E-state index contributed by atoms with van der Waals surface area (Å²) in [6, 6.07) is 13.7. The van der Waals surface area contributed by atoms with Crippen LogP contribution in [0.25, 0.3) is 0 Å². The van der Waals surface area contributed by atoms with Crippen LogP contribution in [0.5, 0.6) is 0 Å². The molecule has 1 aliphatic heterocycles. The number of halogens is 2. The van der Waals surface area contributed by atoms with E-state index >= 15 is 0 Å². The molecule has 1 saturated heterocycles. The van der Waals surface area contributed by atoms with Gasteiger partial charge in [-0.2, -0.15) is 5.26 Å². The Balaban J connectivity index is 1.64. The Morgan fingerprint density at radius 2 is 1.83 bits per heavy atom. The highest BCUT2D eigenvalue weighted by Crippen LogP contribution is 2.37. The maximum atomic E-state index is 14.6. The van der Waals surface area contributed by atoms with E-state index in [1.165, 1.54) is 36.5 Å². The molecule has 1 saturated carbocycles. The number of anilines is 2. The fraction of sp³-hybridized carbons (Fsp3) is 0.333. The Labute approximate surface area is 249 Å². The molecule has 2 fully saturated rings. The van der Waals surface area contributed by atoms with E-state index in [0.717, 1.165) is 47.4 Å². The van der Waals surface area contributed by atoms with Crippen molar-refractivity contribution in [3.8, 4) is 6.07 Å². The second kappa shape index (κ2) is 12.5. The highest BCUT2D eigenvalue weighted by molar-refractivity contribution is 7.93. The molecule has 2 atom stereocenters. The van der Waals surface area contributed by atoms with Crippen molar-refractivity contribution in [2.75, 3.05) is 15.0 Å². The number of aromatic nitrogens is 1. The first-order valence-electron chi connectivity index (χ1n) is 13.7. The van der Waals surface area contributed by atoms with Crippen molar-refractivity contribution in [2.24, 2.45) is 0 Å². The van der Waals surface area contributed by atoms with Crippen LogP contribution in [0.4, 0.5) is 15.9 Å². The number of carbonyl (C=O) groups is 2. The molecule has 1 unspecified atom stereocenters. The maximum absolute atomic E-state index is 14.6. The number of nitrogens with one attached hydrogen (secondary N) is 1. The Morgan fingerprint density at radius 3 is 2.55 bits per heavy atom. The molecule has 3 aromatic rings. The van der Waals surface area contributed by atoms with Gasteiger partial charge in [-0.05, 0) is 55.7 Å². The Kier molecular flexibility index (Phi) is 8.75. The summed E-state index contributed by atoms with van der Waals surface area (Å²) in [6.07, 6.45) is 5.73. The first-order chi connectivity index (χ1) is 20.2. The van der Waals surface area contributed by atoms with Gasteiger partial charge in [0.2, 0.25) is 15.9 Å². The fourth-order valence-electron chi connectivity index (χ4n) is 5.62. The second-order valence-corrected chi connectivity index (χ2v) is 12.8. The Bertz CT molecular complexity index is 1640. The molecule has 2 heterocycles. The maximum Gasteiger partial charge on any atom is 0.252 e. The van der Waals surface area contributed by atoms with Crippen LogP contribution in [-0.4, -0.2) is 43.1 Å². The molecule has 2 aromatic carbocycles. The predicted molar refractivity (Wildman–Crippen MR) is 157 cm³/mol. The van der Waals surface area contributed by atoms with Crippen molar-refractivity contribution in [3.63, 3.8) is 0 Å². The number of hydrogen-bond acceptors (Lipinski definition) is 6. The summed E-state index contributed by atoms with van der Waals surface area (Å²) in [5, 5.41) is 12.7. The lowest BCUT2D eigenvalue weighted by Crippen LogP contribution is -2.53. The van der Waals surface area contributed by atoms with Crippen LogP contribution < -0.4 is 14.5 Å². The van der Waals surface area contributed by atoms with Gasteiger partial charge in [0, 0.05) is 28.5 Å². The van der Waals surface area contributed by atoms with Crippen LogP contribution in [-0.2, 0) is 19.6 Å². The molecule has 12 heteroatoms. The first kappa shape index (κ1) is 29.5. The molecule has 9 nitrogen and oxygen atoms in total. The second-order valence-electron chi connectivity index (χ2n) is 10.4. The van der Waals surface area contributed by atoms with Crippen molar-refractivity contribution < 1.29 is 22.4 Å². The topological polar surface area (TPSA) is 123 Å². The molecule has 0 spiro atoms. The van der Waals surface area contributed by atoms with Crippen LogP contribution in [0.1, 0.15) is 55.7 Å². The zero-order valence-electron chi connectivity index (χ0n) is 22.6. The molecule has 42 heavy (non-hydrogen) atoms. The quantitative estimate of drug-likeness (QED) is 0.407. The molecule has 218 valence electrons. The van der Waals surface area contributed by atoms with Crippen molar-refractivity contribution in [1.29, 1.82) is 5.26 Å². The number of hydrogen-bond donors (Lipinski definition) is 1.